The monoisotopic (exact) mass is 273 g/mol. The zero-order valence-electron chi connectivity index (χ0n) is 11.6. The van der Waals surface area contributed by atoms with Crippen molar-refractivity contribution in [3.8, 4) is 0 Å². The Balaban J connectivity index is 1.79. The number of hydrogen-bond donors (Lipinski definition) is 0. The number of rotatable bonds is 2. The van der Waals surface area contributed by atoms with Gasteiger partial charge in [0.1, 0.15) is 11.2 Å². The predicted octanol–water partition coefficient (Wildman–Crippen LogP) is 2.59. The molecule has 1 aromatic rings. The molecule has 0 radical (unpaired) electrons. The van der Waals surface area contributed by atoms with Gasteiger partial charge in [0.15, 0.2) is 0 Å². The summed E-state index contributed by atoms with van der Waals surface area (Å²) < 4.78 is 7.36. The summed E-state index contributed by atoms with van der Waals surface area (Å²) in [5, 5.41) is 0. The van der Waals surface area contributed by atoms with Crippen LogP contribution in [0.5, 0.6) is 0 Å². The van der Waals surface area contributed by atoms with Gasteiger partial charge >= 0.3 is 5.97 Å². The highest BCUT2D eigenvalue weighted by atomic mass is 16.6. The lowest BCUT2D eigenvalue weighted by molar-refractivity contribution is -0.0280. The Hall–Kier alpha value is -1.58. The number of pyridine rings is 1. The van der Waals surface area contributed by atoms with Crippen LogP contribution in [0.4, 0.5) is 0 Å². The molecule has 0 bridgehead atoms. The van der Waals surface area contributed by atoms with Gasteiger partial charge in [0, 0.05) is 18.3 Å². The van der Waals surface area contributed by atoms with Gasteiger partial charge in [0.2, 0.25) is 0 Å². The number of aromatic nitrogens is 1. The molecule has 0 N–H and O–H groups in total. The summed E-state index contributed by atoms with van der Waals surface area (Å²) in [7, 11) is 0. The second-order valence-corrected chi connectivity index (χ2v) is 6.45. The number of nitrogens with zero attached hydrogens (tertiary/aromatic N) is 1. The first-order valence-electron chi connectivity index (χ1n) is 7.67. The molecule has 2 aliphatic carbocycles. The minimum absolute atomic E-state index is 0.151. The van der Waals surface area contributed by atoms with Crippen LogP contribution in [0.15, 0.2) is 17.1 Å². The lowest BCUT2D eigenvalue weighted by atomic mass is 9.80. The second-order valence-electron chi connectivity index (χ2n) is 6.45. The van der Waals surface area contributed by atoms with E-state index in [1.54, 1.807) is 4.57 Å². The van der Waals surface area contributed by atoms with E-state index in [1.165, 1.54) is 19.3 Å². The fraction of sp³-hybridized carbons (Fsp3) is 0.625. The third kappa shape index (κ3) is 1.74. The van der Waals surface area contributed by atoms with Crippen molar-refractivity contribution in [2.24, 2.45) is 5.92 Å². The standard InChI is InChI=1S/C16H19NO3/c18-14-13-12(6-9-17(14)10-11-4-5-11)16(20-15(13)19)7-2-1-3-8-16/h6,9,11H,1-5,7-8,10H2. The Labute approximate surface area is 117 Å². The van der Waals surface area contributed by atoms with Crippen LogP contribution in [-0.2, 0) is 16.9 Å². The van der Waals surface area contributed by atoms with Crippen LogP contribution in [0.2, 0.25) is 0 Å². The number of carbonyl (C=O) groups excluding carboxylic acids is 1. The highest BCUT2D eigenvalue weighted by Gasteiger charge is 2.47. The quantitative estimate of drug-likeness (QED) is 0.778. The Bertz CT molecular complexity index is 621. The third-order valence-corrected chi connectivity index (χ3v) is 4.96. The van der Waals surface area contributed by atoms with Crippen LogP contribution < -0.4 is 5.56 Å². The molecule has 2 fully saturated rings. The van der Waals surface area contributed by atoms with Gasteiger partial charge in [-0.15, -0.1) is 0 Å². The van der Waals surface area contributed by atoms with Crippen molar-refractivity contribution in [3.63, 3.8) is 0 Å². The van der Waals surface area contributed by atoms with Crippen molar-refractivity contribution in [2.75, 3.05) is 0 Å². The number of fused-ring (bicyclic) bond motifs is 2. The van der Waals surface area contributed by atoms with Crippen LogP contribution in [-0.4, -0.2) is 10.5 Å². The molecule has 106 valence electrons. The van der Waals surface area contributed by atoms with Crippen molar-refractivity contribution in [3.05, 3.63) is 33.7 Å². The summed E-state index contributed by atoms with van der Waals surface area (Å²) in [5.41, 5.74) is 0.499. The lowest BCUT2D eigenvalue weighted by Gasteiger charge is -2.32. The van der Waals surface area contributed by atoms with Crippen LogP contribution in [0, 0.1) is 5.92 Å². The fourth-order valence-corrected chi connectivity index (χ4v) is 3.65. The first-order valence-corrected chi connectivity index (χ1v) is 7.67. The molecule has 2 saturated carbocycles. The number of hydrogen-bond acceptors (Lipinski definition) is 3. The van der Waals surface area contributed by atoms with Crippen molar-refractivity contribution in [1.82, 2.24) is 4.57 Å². The fourth-order valence-electron chi connectivity index (χ4n) is 3.65. The van der Waals surface area contributed by atoms with E-state index < -0.39 is 11.6 Å². The van der Waals surface area contributed by atoms with E-state index >= 15 is 0 Å². The third-order valence-electron chi connectivity index (χ3n) is 4.96. The molecular formula is C16H19NO3. The maximum Gasteiger partial charge on any atom is 0.345 e. The smallest absolute Gasteiger partial charge is 0.345 e. The second kappa shape index (κ2) is 4.21. The van der Waals surface area contributed by atoms with Crippen LogP contribution in [0.3, 0.4) is 0 Å². The van der Waals surface area contributed by atoms with Gasteiger partial charge in [0.25, 0.3) is 5.56 Å². The largest absolute Gasteiger partial charge is 0.450 e. The van der Waals surface area contributed by atoms with Gasteiger partial charge in [-0.2, -0.15) is 0 Å². The first kappa shape index (κ1) is 12.2. The Morgan fingerprint density at radius 1 is 1.20 bits per heavy atom. The molecule has 4 nitrogen and oxygen atoms in total. The van der Waals surface area contributed by atoms with E-state index in [0.717, 1.165) is 37.8 Å². The van der Waals surface area contributed by atoms with Gasteiger partial charge in [-0.25, -0.2) is 4.79 Å². The molecule has 1 spiro atoms. The SMILES string of the molecule is O=C1OC2(CCCCC2)c2ccn(CC3CC3)c(=O)c21. The molecular weight excluding hydrogens is 254 g/mol. The average molecular weight is 273 g/mol. The molecule has 0 aromatic carbocycles. The summed E-state index contributed by atoms with van der Waals surface area (Å²) in [5.74, 6) is 0.212. The number of ether oxygens (including phenoxy) is 1. The van der Waals surface area contributed by atoms with Gasteiger partial charge in [-0.1, -0.05) is 6.42 Å². The zero-order chi connectivity index (χ0) is 13.7. The zero-order valence-corrected chi connectivity index (χ0v) is 11.6. The summed E-state index contributed by atoms with van der Waals surface area (Å²) in [6.07, 6.45) is 9.28. The van der Waals surface area contributed by atoms with E-state index in [1.807, 2.05) is 12.3 Å². The molecule has 1 aliphatic heterocycles. The predicted molar refractivity (Wildman–Crippen MR) is 73.6 cm³/mol. The highest BCUT2D eigenvalue weighted by molar-refractivity contribution is 5.94. The van der Waals surface area contributed by atoms with Crippen LogP contribution in [0.25, 0.3) is 0 Å². The topological polar surface area (TPSA) is 48.3 Å². The first-order chi connectivity index (χ1) is 9.70. The molecule has 4 rings (SSSR count). The number of carbonyl (C=O) groups is 1. The normalized spacial score (nSPS) is 23.7. The van der Waals surface area contributed by atoms with E-state index in [9.17, 15) is 9.59 Å². The van der Waals surface area contributed by atoms with E-state index in [-0.39, 0.29) is 5.56 Å². The summed E-state index contributed by atoms with van der Waals surface area (Å²) in [6.45, 7) is 0.742. The molecule has 0 amide bonds. The van der Waals surface area contributed by atoms with Gasteiger partial charge in [-0.05, 0) is 50.5 Å². The molecule has 1 aromatic heterocycles. The highest BCUT2D eigenvalue weighted by Crippen LogP contribution is 2.45. The van der Waals surface area contributed by atoms with E-state index in [0.29, 0.717) is 11.5 Å². The minimum Gasteiger partial charge on any atom is -0.450 e. The molecule has 20 heavy (non-hydrogen) atoms. The van der Waals surface area contributed by atoms with Crippen molar-refractivity contribution in [2.45, 2.75) is 57.1 Å². The van der Waals surface area contributed by atoms with Crippen molar-refractivity contribution < 1.29 is 9.53 Å². The van der Waals surface area contributed by atoms with E-state index in [4.69, 9.17) is 4.74 Å². The van der Waals surface area contributed by atoms with Gasteiger partial charge < -0.3 is 9.30 Å². The number of esters is 1. The van der Waals surface area contributed by atoms with Crippen molar-refractivity contribution >= 4 is 5.97 Å². The van der Waals surface area contributed by atoms with Crippen LogP contribution >= 0.6 is 0 Å². The van der Waals surface area contributed by atoms with Crippen molar-refractivity contribution in [1.29, 1.82) is 0 Å². The average Bonchev–Trinajstić information content (AvgIpc) is 3.21. The molecule has 0 unspecified atom stereocenters. The molecule has 3 aliphatic rings. The summed E-state index contributed by atoms with van der Waals surface area (Å²) >= 11 is 0. The summed E-state index contributed by atoms with van der Waals surface area (Å²) in [4.78, 5) is 24.7. The molecule has 4 heteroatoms. The Kier molecular flexibility index (Phi) is 2.56. The van der Waals surface area contributed by atoms with Gasteiger partial charge in [-0.3, -0.25) is 4.79 Å². The van der Waals surface area contributed by atoms with E-state index in [2.05, 4.69) is 0 Å². The molecule has 0 saturated heterocycles. The Morgan fingerprint density at radius 2 is 1.95 bits per heavy atom. The minimum atomic E-state index is -0.498. The van der Waals surface area contributed by atoms with Gasteiger partial charge in [0.05, 0.1) is 0 Å². The van der Waals surface area contributed by atoms with Crippen LogP contribution in [0.1, 0.15) is 60.9 Å². The maximum atomic E-state index is 12.5. The Morgan fingerprint density at radius 3 is 2.65 bits per heavy atom. The molecule has 0 atom stereocenters. The molecule has 2 heterocycles. The maximum absolute atomic E-state index is 12.5. The lowest BCUT2D eigenvalue weighted by Crippen LogP contribution is -2.30. The summed E-state index contributed by atoms with van der Waals surface area (Å²) in [6, 6.07) is 1.95.